The van der Waals surface area contributed by atoms with Crippen molar-refractivity contribution in [2.45, 2.75) is 0 Å². The first-order chi connectivity index (χ1) is 65.6. The van der Waals surface area contributed by atoms with Gasteiger partial charge in [0.05, 0.1) is 10.9 Å². The minimum atomic E-state index is -1.50. The predicted octanol–water partition coefficient (Wildman–Crippen LogP) is 16.4. The number of aromatic hydroxyl groups is 22. The standard InChI is InChI=1S/6C11H8O5.C11H8O4.2C11H8O3/c12-6-1-2-7-5(3-6)4-8(13)9(10(7)14)11(15)16;12-6-2-1-5-3-8(13)9(11(15)16)10(14)7(5)4-6;2*12-7-3-1-2-5-6(7)4-8(13)9(10(5)14)11(15)16;12-6-3-1-2-5-4-7(13)9(11(15)16)10(14)8(5)6;12-8-5-3-1-2-4-6(5)9(13)10(14)7(8)11(15)16;12-9-3-1-2-7-6(9)4-5-8(10(7)13)11(14)15;12-8-5-7-3-1-2-4-9(7)10(6-8)11(13)14;12-9-6-5-7-3-1-2-4-8(7)10(9)11(13)14/h6*1-4,12-14H,(H,15,16);1-5,12-13H,(H,14,15);2*1-6,12H,(H,13,14). The maximum atomic E-state index is 10.9. The highest BCUT2D eigenvalue weighted by molar-refractivity contribution is 6.12. The number of carboxylic acid groups (broad SMARTS) is 9. The summed E-state index contributed by atoms with van der Waals surface area (Å²) in [4.78, 5) is 97.2. The molecule has 0 radical (unpaired) electrons. The first kappa shape index (κ1) is 100. The highest BCUT2D eigenvalue weighted by Gasteiger charge is 2.28. The van der Waals surface area contributed by atoms with E-state index in [2.05, 4.69) is 0 Å². The molecule has 40 nitrogen and oxygen atoms in total. The molecule has 0 amide bonds. The lowest BCUT2D eigenvalue weighted by Crippen LogP contribution is -1.98. The molecule has 708 valence electrons. The summed E-state index contributed by atoms with van der Waals surface area (Å²) in [6.07, 6.45) is 0. The van der Waals surface area contributed by atoms with Gasteiger partial charge in [-0.25, -0.2) is 43.2 Å². The summed E-state index contributed by atoms with van der Waals surface area (Å²) in [7, 11) is 0. The monoisotopic (exact) mass is 1900 g/mol. The second-order valence-corrected chi connectivity index (χ2v) is 29.0. The van der Waals surface area contributed by atoms with Crippen molar-refractivity contribution in [1.82, 2.24) is 0 Å². The van der Waals surface area contributed by atoms with Gasteiger partial charge in [0.1, 0.15) is 159 Å². The maximum absolute atomic E-state index is 10.9. The van der Waals surface area contributed by atoms with E-state index in [1.807, 2.05) is 6.07 Å². The van der Waals surface area contributed by atoms with E-state index in [-0.39, 0.29) is 117 Å². The number of benzene rings is 18. The van der Waals surface area contributed by atoms with E-state index < -0.39 is 162 Å². The summed E-state index contributed by atoms with van der Waals surface area (Å²) in [5.74, 6) is -20.7. The number of rotatable bonds is 9. The summed E-state index contributed by atoms with van der Waals surface area (Å²) in [5.41, 5.74) is -3.66. The Morgan fingerprint density at radius 2 is 0.468 bits per heavy atom. The van der Waals surface area contributed by atoms with E-state index in [4.69, 9.17) is 46.0 Å². The van der Waals surface area contributed by atoms with E-state index in [0.29, 0.717) is 37.7 Å². The third-order valence-corrected chi connectivity index (χ3v) is 20.3. The molecule has 0 saturated heterocycles. The second kappa shape index (κ2) is 41.9. The molecule has 0 saturated carbocycles. The number of hydrogen-bond acceptors (Lipinski definition) is 31. The summed E-state index contributed by atoms with van der Waals surface area (Å²) in [5, 5.41) is 295. The van der Waals surface area contributed by atoms with Gasteiger partial charge in [-0.2, -0.15) is 0 Å². The molecular weight excluding hydrogens is 1830 g/mol. The van der Waals surface area contributed by atoms with Gasteiger partial charge in [0, 0.05) is 53.9 Å². The molecule has 18 rings (SSSR count). The maximum Gasteiger partial charge on any atom is 0.343 e. The molecule has 0 heterocycles. The van der Waals surface area contributed by atoms with Crippen LogP contribution in [0.3, 0.4) is 0 Å². The number of aromatic carboxylic acids is 9. The Bertz CT molecular complexity index is 7870. The topological polar surface area (TPSA) is 781 Å². The Morgan fingerprint density at radius 1 is 0.144 bits per heavy atom. The number of hydrogen-bond donors (Lipinski definition) is 31. The average molecular weight is 1900 g/mol. The van der Waals surface area contributed by atoms with Crippen molar-refractivity contribution < 1.29 is 201 Å². The van der Waals surface area contributed by atoms with Crippen molar-refractivity contribution in [2.75, 3.05) is 0 Å². The number of carbonyl (C=O) groups is 9. The summed E-state index contributed by atoms with van der Waals surface area (Å²) < 4.78 is 0. The van der Waals surface area contributed by atoms with Gasteiger partial charge in [-0.05, 0) is 153 Å². The zero-order chi connectivity index (χ0) is 102. The fourth-order valence-electron chi connectivity index (χ4n) is 14.0. The molecule has 0 bridgehead atoms. The van der Waals surface area contributed by atoms with Crippen LogP contribution in [0.2, 0.25) is 0 Å². The van der Waals surface area contributed by atoms with Crippen molar-refractivity contribution in [1.29, 1.82) is 0 Å². The molecule has 18 aromatic rings. The lowest BCUT2D eigenvalue weighted by atomic mass is 10.0. The number of fused-ring (bicyclic) bond motifs is 9. The van der Waals surface area contributed by atoms with Crippen LogP contribution >= 0.6 is 0 Å². The van der Waals surface area contributed by atoms with E-state index in [1.165, 1.54) is 146 Å². The van der Waals surface area contributed by atoms with Gasteiger partial charge < -0.3 is 158 Å². The minimum absolute atomic E-state index is 0.0118. The zero-order valence-corrected chi connectivity index (χ0v) is 70.2. The van der Waals surface area contributed by atoms with Gasteiger partial charge in [-0.3, -0.25) is 0 Å². The van der Waals surface area contributed by atoms with Crippen molar-refractivity contribution >= 4 is 151 Å². The molecule has 0 aliphatic heterocycles. The normalized spacial score (nSPS) is 10.4. The van der Waals surface area contributed by atoms with Crippen molar-refractivity contribution in [2.24, 2.45) is 0 Å². The highest BCUT2D eigenvalue weighted by atomic mass is 16.4. The van der Waals surface area contributed by atoms with Crippen LogP contribution in [-0.4, -0.2) is 212 Å². The summed E-state index contributed by atoms with van der Waals surface area (Å²) in [6.45, 7) is 0. The molecule has 0 aromatic heterocycles. The predicted molar refractivity (Wildman–Crippen MR) is 495 cm³/mol. The smallest absolute Gasteiger partial charge is 0.343 e. The quantitative estimate of drug-likeness (QED) is 0.0471. The van der Waals surface area contributed by atoms with E-state index in [9.17, 15) is 155 Å². The van der Waals surface area contributed by atoms with Crippen molar-refractivity contribution in [3.8, 4) is 126 Å². The zero-order valence-electron chi connectivity index (χ0n) is 70.2. The average Bonchev–Trinajstić information content (AvgIpc) is 0.753. The third kappa shape index (κ3) is 21.6. The van der Waals surface area contributed by atoms with Gasteiger partial charge >= 0.3 is 53.7 Å². The Morgan fingerprint density at radius 3 is 0.957 bits per heavy atom. The molecule has 0 aliphatic carbocycles. The summed E-state index contributed by atoms with van der Waals surface area (Å²) >= 11 is 0. The minimum Gasteiger partial charge on any atom is -0.508 e. The lowest BCUT2D eigenvalue weighted by molar-refractivity contribution is 0.0678. The fraction of sp³-hybridized carbons (Fsp3) is 0. The van der Waals surface area contributed by atoms with E-state index >= 15 is 0 Å². The van der Waals surface area contributed by atoms with E-state index in [0.717, 1.165) is 22.9 Å². The molecule has 139 heavy (non-hydrogen) atoms. The van der Waals surface area contributed by atoms with Crippen molar-refractivity contribution in [3.63, 3.8) is 0 Å². The molecule has 0 fully saturated rings. The van der Waals surface area contributed by atoms with Gasteiger partial charge in [-0.15, -0.1) is 0 Å². The Balaban J connectivity index is 0.000000161. The first-order valence-electron chi connectivity index (χ1n) is 39.1. The van der Waals surface area contributed by atoms with E-state index in [1.54, 1.807) is 84.9 Å². The third-order valence-electron chi connectivity index (χ3n) is 20.3. The number of phenolic OH excluding ortho intramolecular Hbond substituents is 8. The molecule has 40 heteroatoms. The second-order valence-electron chi connectivity index (χ2n) is 29.0. The van der Waals surface area contributed by atoms with Crippen LogP contribution < -0.4 is 0 Å². The van der Waals surface area contributed by atoms with Gasteiger partial charge in [0.2, 0.25) is 0 Å². The molecule has 0 aliphatic rings. The summed E-state index contributed by atoms with van der Waals surface area (Å²) in [6, 6.07) is 60.3. The molecule has 0 atom stereocenters. The Kier molecular flexibility index (Phi) is 30.2. The van der Waals surface area contributed by atoms with Crippen LogP contribution in [0, 0.1) is 0 Å². The fourth-order valence-corrected chi connectivity index (χ4v) is 14.0. The largest absolute Gasteiger partial charge is 0.508 e. The van der Waals surface area contributed by atoms with Crippen LogP contribution in [0.25, 0.3) is 97.0 Å². The van der Waals surface area contributed by atoms with Crippen LogP contribution in [0.5, 0.6) is 126 Å². The van der Waals surface area contributed by atoms with Gasteiger partial charge in [0.25, 0.3) is 0 Å². The molecule has 18 aromatic carbocycles. The van der Waals surface area contributed by atoms with Gasteiger partial charge in [-0.1, -0.05) is 133 Å². The van der Waals surface area contributed by atoms with Crippen LogP contribution in [0.15, 0.2) is 249 Å². The highest BCUT2D eigenvalue weighted by Crippen LogP contribution is 2.47. The molecular formula is C99H72O40. The Labute approximate surface area is 773 Å². The number of phenols is 22. The SMILES string of the molecule is O=C(O)c1c(O)c(O)c2ccccc2c1O.O=C(O)c1c(O)cc2c(O)cccc2c1O.O=C(O)c1c(O)cc2c(O)cccc2c1O.O=C(O)c1c(O)cc2cc(O)ccc2c1O.O=C(O)c1c(O)cc2ccc(O)cc2c1O.O=C(O)c1c(O)cc2cccc(O)c2c1O.O=C(O)c1c(O)ccc2ccccc12.O=C(O)c1cc(O)cc2ccccc12.O=C(O)c1ccc2c(O)cccc2c1O. The van der Waals surface area contributed by atoms with Crippen LogP contribution in [0.4, 0.5) is 0 Å². The first-order valence-corrected chi connectivity index (χ1v) is 39.1. The van der Waals surface area contributed by atoms with Crippen LogP contribution in [-0.2, 0) is 0 Å². The molecule has 31 N–H and O–H groups in total. The molecule has 0 unspecified atom stereocenters. The number of carboxylic acids is 9. The van der Waals surface area contributed by atoms with Crippen molar-refractivity contribution in [3.05, 3.63) is 299 Å². The Hall–Kier alpha value is -20.9. The van der Waals surface area contributed by atoms with Gasteiger partial charge in [0.15, 0.2) is 11.5 Å². The molecule has 0 spiro atoms. The lowest BCUT2D eigenvalue weighted by Gasteiger charge is -2.09. The van der Waals surface area contributed by atoms with Crippen LogP contribution in [0.1, 0.15) is 93.2 Å².